The minimum Gasteiger partial charge on any atom is -0.493 e. The number of carbonyl (C=O) groups is 1. The van der Waals surface area contributed by atoms with Crippen LogP contribution < -0.4 is 14.8 Å². The lowest BCUT2D eigenvalue weighted by Gasteiger charge is -2.10. The average Bonchev–Trinajstić information content (AvgIpc) is 2.65. The Morgan fingerprint density at radius 1 is 1.23 bits per heavy atom. The highest BCUT2D eigenvalue weighted by atomic mass is 35.5. The first-order valence-electron chi connectivity index (χ1n) is 8.14. The van der Waals surface area contributed by atoms with Crippen LogP contribution in [0.1, 0.15) is 18.9 Å². The van der Waals surface area contributed by atoms with Crippen molar-refractivity contribution in [2.45, 2.75) is 13.3 Å². The molecule has 0 aliphatic carbocycles. The highest BCUT2D eigenvalue weighted by Crippen LogP contribution is 2.27. The van der Waals surface area contributed by atoms with E-state index in [1.807, 2.05) is 13.0 Å². The summed E-state index contributed by atoms with van der Waals surface area (Å²) in [5.41, 5.74) is 1.29. The number of carbonyl (C=O) groups excluding carboxylic acids is 1. The Balaban J connectivity index is 1.86. The highest BCUT2D eigenvalue weighted by Gasteiger charge is 2.06. The molecule has 0 unspecified atom stereocenters. The number of nitrogens with zero attached hydrogens (tertiary/aromatic N) is 1. The molecule has 0 atom stereocenters. The SMILES string of the molecule is CCCOc1ccc(/C=N/OCC(=O)Nc2ccccc2Cl)cc1OC. The number of anilines is 1. The number of amides is 1. The molecule has 6 nitrogen and oxygen atoms in total. The summed E-state index contributed by atoms with van der Waals surface area (Å²) in [6, 6.07) is 12.4. The monoisotopic (exact) mass is 376 g/mol. The second-order valence-electron chi connectivity index (χ2n) is 5.29. The van der Waals surface area contributed by atoms with Gasteiger partial charge in [0, 0.05) is 5.56 Å². The van der Waals surface area contributed by atoms with Crippen molar-refractivity contribution in [3.8, 4) is 11.5 Å². The molecule has 0 fully saturated rings. The molecule has 7 heteroatoms. The maximum absolute atomic E-state index is 11.8. The van der Waals surface area contributed by atoms with Crippen molar-refractivity contribution >= 4 is 29.4 Å². The van der Waals surface area contributed by atoms with Crippen molar-refractivity contribution in [2.24, 2.45) is 5.16 Å². The van der Waals surface area contributed by atoms with Crippen LogP contribution in [0, 0.1) is 0 Å². The van der Waals surface area contributed by atoms with Crippen molar-refractivity contribution in [3.05, 3.63) is 53.1 Å². The van der Waals surface area contributed by atoms with Gasteiger partial charge >= 0.3 is 0 Å². The number of nitrogens with one attached hydrogen (secondary N) is 1. The van der Waals surface area contributed by atoms with Crippen molar-refractivity contribution < 1.29 is 19.1 Å². The van der Waals surface area contributed by atoms with Crippen LogP contribution in [0.4, 0.5) is 5.69 Å². The van der Waals surface area contributed by atoms with Gasteiger partial charge in [0.15, 0.2) is 18.1 Å². The second-order valence-corrected chi connectivity index (χ2v) is 5.70. The molecule has 0 bridgehead atoms. The summed E-state index contributed by atoms with van der Waals surface area (Å²) in [7, 11) is 1.57. The van der Waals surface area contributed by atoms with Crippen molar-refractivity contribution in [1.29, 1.82) is 0 Å². The molecule has 0 spiro atoms. The molecule has 0 aliphatic rings. The summed E-state index contributed by atoms with van der Waals surface area (Å²) in [5, 5.41) is 6.91. The molecule has 2 aromatic carbocycles. The average molecular weight is 377 g/mol. The van der Waals surface area contributed by atoms with E-state index in [-0.39, 0.29) is 12.5 Å². The van der Waals surface area contributed by atoms with Crippen LogP contribution in [-0.4, -0.2) is 32.4 Å². The Morgan fingerprint density at radius 2 is 2.04 bits per heavy atom. The van der Waals surface area contributed by atoms with Crippen LogP contribution in [0.15, 0.2) is 47.6 Å². The summed E-state index contributed by atoms with van der Waals surface area (Å²) in [6.07, 6.45) is 2.41. The number of methoxy groups -OCH3 is 1. The molecule has 0 aromatic heterocycles. The van der Waals surface area contributed by atoms with Crippen LogP contribution in [0.25, 0.3) is 0 Å². The first-order chi connectivity index (χ1) is 12.6. The predicted octanol–water partition coefficient (Wildman–Crippen LogP) is 4.13. The third-order valence-corrected chi connectivity index (χ3v) is 3.60. The van der Waals surface area contributed by atoms with E-state index in [1.165, 1.54) is 6.21 Å². The molecule has 138 valence electrons. The number of para-hydroxylation sites is 1. The van der Waals surface area contributed by atoms with E-state index in [2.05, 4.69) is 10.5 Å². The first kappa shape index (κ1) is 19.6. The maximum Gasteiger partial charge on any atom is 0.265 e. The van der Waals surface area contributed by atoms with Gasteiger partial charge in [-0.05, 0) is 36.8 Å². The standard InChI is InChI=1S/C19H21ClN2O4/c1-3-10-25-17-9-8-14(11-18(17)24-2)12-21-26-13-19(23)22-16-7-5-4-6-15(16)20/h4-9,11-12H,3,10,13H2,1-2H3,(H,22,23)/b21-12+. The van der Waals surface area contributed by atoms with E-state index in [0.717, 1.165) is 12.0 Å². The molecule has 0 saturated heterocycles. The fraction of sp³-hybridized carbons (Fsp3) is 0.263. The number of rotatable bonds is 9. The van der Waals surface area contributed by atoms with Gasteiger partial charge in [-0.1, -0.05) is 35.8 Å². The third-order valence-electron chi connectivity index (χ3n) is 3.27. The Labute approximate surface area is 157 Å². The number of oxime groups is 1. The van der Waals surface area contributed by atoms with Gasteiger partial charge in [-0.3, -0.25) is 4.79 Å². The number of hydrogen-bond acceptors (Lipinski definition) is 5. The van der Waals surface area contributed by atoms with Crippen LogP contribution in [0.3, 0.4) is 0 Å². The molecule has 26 heavy (non-hydrogen) atoms. The summed E-state index contributed by atoms with van der Waals surface area (Å²) >= 11 is 5.98. The van der Waals surface area contributed by atoms with Crippen molar-refractivity contribution in [1.82, 2.24) is 0 Å². The molecule has 1 N–H and O–H groups in total. The lowest BCUT2D eigenvalue weighted by atomic mass is 10.2. The first-order valence-corrected chi connectivity index (χ1v) is 8.52. The number of benzene rings is 2. The molecule has 0 aliphatic heterocycles. The van der Waals surface area contributed by atoms with Crippen LogP contribution >= 0.6 is 11.6 Å². The van der Waals surface area contributed by atoms with Crippen molar-refractivity contribution in [3.63, 3.8) is 0 Å². The van der Waals surface area contributed by atoms with E-state index in [0.29, 0.717) is 28.8 Å². The van der Waals surface area contributed by atoms with Crippen LogP contribution in [0.2, 0.25) is 5.02 Å². The quantitative estimate of drug-likeness (QED) is 0.527. The molecule has 0 saturated carbocycles. The van der Waals surface area contributed by atoms with Crippen molar-refractivity contribution in [2.75, 3.05) is 25.6 Å². The zero-order valence-corrected chi connectivity index (χ0v) is 15.5. The Kier molecular flexibility index (Phi) is 7.76. The van der Waals surface area contributed by atoms with Gasteiger partial charge in [-0.25, -0.2) is 0 Å². The molecule has 2 rings (SSSR count). The van der Waals surface area contributed by atoms with Gasteiger partial charge in [0.25, 0.3) is 5.91 Å². The highest BCUT2D eigenvalue weighted by molar-refractivity contribution is 6.33. The molecule has 0 heterocycles. The smallest absolute Gasteiger partial charge is 0.265 e. The maximum atomic E-state index is 11.8. The minimum atomic E-state index is -0.351. The fourth-order valence-electron chi connectivity index (χ4n) is 2.04. The molecule has 1 amide bonds. The second kappa shape index (κ2) is 10.3. The predicted molar refractivity (Wildman–Crippen MR) is 102 cm³/mol. The molecule has 2 aromatic rings. The Hall–Kier alpha value is -2.73. The summed E-state index contributed by atoms with van der Waals surface area (Å²) in [6.45, 7) is 2.43. The lowest BCUT2D eigenvalue weighted by Crippen LogP contribution is -2.17. The molecule has 0 radical (unpaired) electrons. The molecular formula is C19H21ClN2O4. The summed E-state index contributed by atoms with van der Waals surface area (Å²) in [4.78, 5) is 16.8. The van der Waals surface area contributed by atoms with E-state index in [1.54, 1.807) is 43.5 Å². The van der Waals surface area contributed by atoms with Crippen LogP contribution in [0.5, 0.6) is 11.5 Å². The number of hydrogen-bond donors (Lipinski definition) is 1. The van der Waals surface area contributed by atoms with E-state index < -0.39 is 0 Å². The Morgan fingerprint density at radius 3 is 2.77 bits per heavy atom. The van der Waals surface area contributed by atoms with Gasteiger partial charge < -0.3 is 19.6 Å². The third kappa shape index (κ3) is 5.97. The fourth-order valence-corrected chi connectivity index (χ4v) is 2.22. The molecular weight excluding hydrogens is 356 g/mol. The van der Waals surface area contributed by atoms with E-state index in [9.17, 15) is 4.79 Å². The summed E-state index contributed by atoms with van der Waals surface area (Å²) < 4.78 is 10.9. The zero-order valence-electron chi connectivity index (χ0n) is 14.7. The number of halogens is 1. The van der Waals surface area contributed by atoms with Gasteiger partial charge in [-0.2, -0.15) is 0 Å². The van der Waals surface area contributed by atoms with Gasteiger partial charge in [0.1, 0.15) is 0 Å². The lowest BCUT2D eigenvalue weighted by molar-refractivity contribution is -0.120. The van der Waals surface area contributed by atoms with Gasteiger partial charge in [0.05, 0.1) is 30.6 Å². The van der Waals surface area contributed by atoms with Crippen LogP contribution in [-0.2, 0) is 9.63 Å². The number of ether oxygens (including phenoxy) is 2. The van der Waals surface area contributed by atoms with E-state index >= 15 is 0 Å². The largest absolute Gasteiger partial charge is 0.493 e. The Bertz CT molecular complexity index is 765. The van der Waals surface area contributed by atoms with Gasteiger partial charge in [0.2, 0.25) is 0 Å². The van der Waals surface area contributed by atoms with E-state index in [4.69, 9.17) is 25.9 Å². The minimum absolute atomic E-state index is 0.226. The zero-order chi connectivity index (χ0) is 18.8. The topological polar surface area (TPSA) is 69.2 Å². The van der Waals surface area contributed by atoms with Gasteiger partial charge in [-0.15, -0.1) is 0 Å². The normalized spacial score (nSPS) is 10.6. The summed E-state index contributed by atoms with van der Waals surface area (Å²) in [5.74, 6) is 0.932.